The van der Waals surface area contributed by atoms with Crippen LogP contribution in [0.1, 0.15) is 24.8 Å². The maximum absolute atomic E-state index is 5.86. The van der Waals surface area contributed by atoms with Gasteiger partial charge >= 0.3 is 0 Å². The number of guanidine groups is 1. The largest absolute Gasteiger partial charge is 0.474 e. The first-order valence-electron chi connectivity index (χ1n) is 7.39. The first-order chi connectivity index (χ1) is 10.8. The maximum Gasteiger partial charge on any atom is 0.213 e. The number of rotatable bonds is 5. The van der Waals surface area contributed by atoms with Gasteiger partial charge in [-0.1, -0.05) is 6.07 Å². The number of nitrogens with two attached hydrogens (primary N) is 1. The van der Waals surface area contributed by atoms with Crippen molar-refractivity contribution in [3.8, 4) is 5.88 Å². The topological polar surface area (TPSA) is 85.4 Å². The maximum atomic E-state index is 5.86. The molecule has 0 radical (unpaired) electrons. The van der Waals surface area contributed by atoms with Crippen LogP contribution in [0.3, 0.4) is 0 Å². The van der Waals surface area contributed by atoms with Crippen molar-refractivity contribution in [1.82, 2.24) is 9.97 Å². The average molecular weight is 297 g/mol. The molecule has 6 nitrogen and oxygen atoms in total. The number of ether oxygens (including phenoxy) is 1. The van der Waals surface area contributed by atoms with Crippen LogP contribution in [0.4, 0.5) is 5.82 Å². The van der Waals surface area contributed by atoms with Crippen LogP contribution >= 0.6 is 0 Å². The minimum absolute atomic E-state index is 0.321. The fraction of sp³-hybridized carbons (Fsp3) is 0.312. The molecule has 0 spiro atoms. The van der Waals surface area contributed by atoms with Crippen LogP contribution in [0.2, 0.25) is 0 Å². The molecular weight excluding hydrogens is 278 g/mol. The van der Waals surface area contributed by atoms with Gasteiger partial charge in [-0.05, 0) is 43.0 Å². The molecule has 6 heteroatoms. The van der Waals surface area contributed by atoms with Crippen molar-refractivity contribution in [1.29, 1.82) is 0 Å². The molecule has 0 atom stereocenters. The van der Waals surface area contributed by atoms with Gasteiger partial charge in [0, 0.05) is 18.5 Å². The second-order valence-electron chi connectivity index (χ2n) is 5.21. The van der Waals surface area contributed by atoms with Gasteiger partial charge in [0.2, 0.25) is 5.88 Å². The normalized spacial score (nSPS) is 15.2. The van der Waals surface area contributed by atoms with Crippen LogP contribution in [0.5, 0.6) is 5.88 Å². The van der Waals surface area contributed by atoms with Crippen LogP contribution in [-0.2, 0) is 6.54 Å². The first kappa shape index (κ1) is 14.3. The molecule has 0 aromatic carbocycles. The fourth-order valence-corrected chi connectivity index (χ4v) is 2.06. The Kier molecular flexibility index (Phi) is 4.48. The minimum Gasteiger partial charge on any atom is -0.474 e. The molecule has 2 aromatic rings. The minimum atomic E-state index is 0.321. The zero-order valence-corrected chi connectivity index (χ0v) is 12.3. The molecule has 0 aliphatic heterocycles. The predicted octanol–water partition coefficient (Wildman–Crippen LogP) is 2.33. The Morgan fingerprint density at radius 2 is 2.18 bits per heavy atom. The van der Waals surface area contributed by atoms with Crippen molar-refractivity contribution < 1.29 is 4.74 Å². The summed E-state index contributed by atoms with van der Waals surface area (Å²) in [6.07, 6.45) is 7.23. The Labute approximate surface area is 129 Å². The van der Waals surface area contributed by atoms with Gasteiger partial charge in [0.1, 0.15) is 11.9 Å². The highest BCUT2D eigenvalue weighted by Gasteiger charge is 2.19. The Bertz CT molecular complexity index is 640. The third-order valence-electron chi connectivity index (χ3n) is 3.49. The van der Waals surface area contributed by atoms with Gasteiger partial charge in [-0.15, -0.1) is 0 Å². The van der Waals surface area contributed by atoms with E-state index in [0.717, 1.165) is 18.4 Å². The number of hydrogen-bond acceptors (Lipinski definition) is 4. The lowest BCUT2D eigenvalue weighted by Crippen LogP contribution is -2.25. The highest BCUT2D eigenvalue weighted by atomic mass is 16.5. The molecule has 2 heterocycles. The molecule has 1 aliphatic rings. The SMILES string of the molecule is NC(=NCc1ccnc(OC2CCC2)c1)Nc1ccccn1. The standard InChI is InChI=1S/C16H19N5O/c17-16(21-14-6-1-2-8-18-14)20-11-12-7-9-19-15(10-12)22-13-4-3-5-13/h1-2,6-10,13H,3-5,11H2,(H3,17,18,20,21). The first-order valence-corrected chi connectivity index (χ1v) is 7.39. The molecule has 2 aromatic heterocycles. The van der Waals surface area contributed by atoms with Crippen LogP contribution in [0, 0.1) is 0 Å². The summed E-state index contributed by atoms with van der Waals surface area (Å²) in [5, 5.41) is 2.95. The van der Waals surface area contributed by atoms with E-state index in [1.165, 1.54) is 6.42 Å². The Morgan fingerprint density at radius 3 is 2.91 bits per heavy atom. The van der Waals surface area contributed by atoms with Gasteiger partial charge in [0.25, 0.3) is 0 Å². The van der Waals surface area contributed by atoms with E-state index in [-0.39, 0.29) is 0 Å². The molecule has 0 unspecified atom stereocenters. The summed E-state index contributed by atoms with van der Waals surface area (Å²) in [5.74, 6) is 1.66. The number of aliphatic imine (C=N–C) groups is 1. The summed E-state index contributed by atoms with van der Waals surface area (Å²) in [7, 11) is 0. The van der Waals surface area contributed by atoms with E-state index >= 15 is 0 Å². The highest BCUT2D eigenvalue weighted by molar-refractivity contribution is 5.91. The number of hydrogen-bond donors (Lipinski definition) is 2. The van der Waals surface area contributed by atoms with Gasteiger partial charge in [-0.25, -0.2) is 15.0 Å². The third kappa shape index (κ3) is 3.94. The number of pyridine rings is 2. The highest BCUT2D eigenvalue weighted by Crippen LogP contribution is 2.24. The lowest BCUT2D eigenvalue weighted by atomic mass is 9.96. The van der Waals surface area contributed by atoms with Gasteiger partial charge in [0.15, 0.2) is 5.96 Å². The lowest BCUT2D eigenvalue weighted by molar-refractivity contribution is 0.114. The number of aromatic nitrogens is 2. The second kappa shape index (κ2) is 6.89. The van der Waals surface area contributed by atoms with Crippen LogP contribution in [-0.4, -0.2) is 22.0 Å². The van der Waals surface area contributed by atoms with Crippen molar-refractivity contribution in [2.45, 2.75) is 31.9 Å². The van der Waals surface area contributed by atoms with Crippen molar-refractivity contribution in [3.05, 3.63) is 48.3 Å². The molecule has 0 saturated heterocycles. The van der Waals surface area contributed by atoms with Crippen LogP contribution < -0.4 is 15.8 Å². The van der Waals surface area contributed by atoms with E-state index in [9.17, 15) is 0 Å². The second-order valence-corrected chi connectivity index (χ2v) is 5.21. The molecule has 114 valence electrons. The molecule has 3 rings (SSSR count). The van der Waals surface area contributed by atoms with Gasteiger partial charge in [0.05, 0.1) is 6.54 Å². The Balaban J connectivity index is 1.57. The van der Waals surface area contributed by atoms with Crippen molar-refractivity contribution in [3.63, 3.8) is 0 Å². The number of nitrogens with zero attached hydrogens (tertiary/aromatic N) is 3. The summed E-state index contributed by atoms with van der Waals surface area (Å²) in [6.45, 7) is 0.467. The molecule has 0 amide bonds. The smallest absolute Gasteiger partial charge is 0.213 e. The number of nitrogens with one attached hydrogen (secondary N) is 1. The van der Waals surface area contributed by atoms with Crippen molar-refractivity contribution >= 4 is 11.8 Å². The summed E-state index contributed by atoms with van der Waals surface area (Å²) in [6, 6.07) is 9.38. The van der Waals surface area contributed by atoms with Crippen LogP contribution in [0.15, 0.2) is 47.7 Å². The van der Waals surface area contributed by atoms with Gasteiger partial charge in [-0.3, -0.25) is 0 Å². The van der Waals surface area contributed by atoms with E-state index < -0.39 is 0 Å². The molecule has 0 bridgehead atoms. The van der Waals surface area contributed by atoms with Crippen molar-refractivity contribution in [2.75, 3.05) is 5.32 Å². The van der Waals surface area contributed by atoms with E-state index in [1.54, 1.807) is 12.4 Å². The monoisotopic (exact) mass is 297 g/mol. The molecule has 1 aliphatic carbocycles. The summed E-state index contributed by atoms with van der Waals surface area (Å²) < 4.78 is 5.78. The molecule has 1 saturated carbocycles. The molecule has 22 heavy (non-hydrogen) atoms. The van der Waals surface area contributed by atoms with Gasteiger partial charge < -0.3 is 15.8 Å². The van der Waals surface area contributed by atoms with E-state index in [2.05, 4.69) is 20.3 Å². The molecule has 3 N–H and O–H groups in total. The van der Waals surface area contributed by atoms with E-state index in [4.69, 9.17) is 10.5 Å². The van der Waals surface area contributed by atoms with Crippen LogP contribution in [0.25, 0.3) is 0 Å². The van der Waals surface area contributed by atoms with Gasteiger partial charge in [-0.2, -0.15) is 0 Å². The predicted molar refractivity (Wildman–Crippen MR) is 85.7 cm³/mol. The molecule has 1 fully saturated rings. The van der Waals surface area contributed by atoms with Crippen molar-refractivity contribution in [2.24, 2.45) is 10.7 Å². The summed E-state index contributed by atoms with van der Waals surface area (Å²) in [5.41, 5.74) is 6.86. The number of anilines is 1. The van der Waals surface area contributed by atoms with E-state index in [0.29, 0.717) is 30.3 Å². The zero-order chi connectivity index (χ0) is 15.2. The lowest BCUT2D eigenvalue weighted by Gasteiger charge is -2.25. The zero-order valence-electron chi connectivity index (χ0n) is 12.3. The quantitative estimate of drug-likeness (QED) is 0.653. The summed E-state index contributed by atoms with van der Waals surface area (Å²) >= 11 is 0. The Morgan fingerprint density at radius 1 is 1.27 bits per heavy atom. The Hall–Kier alpha value is -2.63. The average Bonchev–Trinajstić information content (AvgIpc) is 2.50. The fourth-order valence-electron chi connectivity index (χ4n) is 2.06. The summed E-state index contributed by atoms with van der Waals surface area (Å²) in [4.78, 5) is 12.7. The third-order valence-corrected chi connectivity index (χ3v) is 3.49. The van der Waals surface area contributed by atoms with E-state index in [1.807, 2.05) is 30.3 Å². The molecular formula is C16H19N5O.